The Morgan fingerprint density at radius 1 is 1.32 bits per heavy atom. The third kappa shape index (κ3) is 3.67. The molecule has 3 rings (SSSR count). The van der Waals surface area contributed by atoms with Gasteiger partial charge in [0.25, 0.3) is 0 Å². The lowest BCUT2D eigenvalue weighted by Gasteiger charge is -2.19. The van der Waals surface area contributed by atoms with Crippen LogP contribution in [0.4, 0.5) is 0 Å². The molecule has 1 aromatic carbocycles. The largest absolute Gasteiger partial charge is 0.491 e. The van der Waals surface area contributed by atoms with Crippen LogP contribution in [0.15, 0.2) is 24.3 Å². The van der Waals surface area contributed by atoms with Crippen LogP contribution in [-0.4, -0.2) is 36.5 Å². The van der Waals surface area contributed by atoms with Gasteiger partial charge in [0, 0.05) is 19.1 Å². The second-order valence-electron chi connectivity index (χ2n) is 5.99. The fourth-order valence-electron chi connectivity index (χ4n) is 3.48. The molecule has 4 nitrogen and oxygen atoms in total. The highest BCUT2D eigenvalue weighted by Gasteiger charge is 2.42. The van der Waals surface area contributed by atoms with Gasteiger partial charge in [0.05, 0.1) is 18.1 Å². The molecule has 0 spiro atoms. The van der Waals surface area contributed by atoms with Crippen LogP contribution < -0.4 is 10.5 Å². The van der Waals surface area contributed by atoms with Crippen LogP contribution in [0.3, 0.4) is 0 Å². The third-order valence-electron chi connectivity index (χ3n) is 4.68. The first kappa shape index (κ1) is 17.4. The Morgan fingerprint density at radius 3 is 2.82 bits per heavy atom. The van der Waals surface area contributed by atoms with E-state index in [1.54, 1.807) is 6.07 Å². The van der Waals surface area contributed by atoms with Gasteiger partial charge in [0.2, 0.25) is 5.91 Å². The van der Waals surface area contributed by atoms with E-state index >= 15 is 0 Å². The van der Waals surface area contributed by atoms with Crippen molar-refractivity contribution in [3.8, 4) is 5.75 Å². The molecule has 6 heteroatoms. The minimum atomic E-state index is 0. The van der Waals surface area contributed by atoms with Gasteiger partial charge in [0.1, 0.15) is 5.75 Å². The molecular weight excluding hydrogens is 323 g/mol. The number of rotatable bonds is 4. The molecule has 2 fully saturated rings. The van der Waals surface area contributed by atoms with Crippen molar-refractivity contribution in [3.05, 3.63) is 29.3 Å². The number of ether oxygens (including phenoxy) is 1. The maximum atomic E-state index is 12.2. The summed E-state index contributed by atoms with van der Waals surface area (Å²) in [6.07, 6.45) is 2.65. The summed E-state index contributed by atoms with van der Waals surface area (Å²) < 4.78 is 5.58. The number of carbonyl (C=O) groups is 1. The van der Waals surface area contributed by atoms with Crippen LogP contribution in [0.1, 0.15) is 19.3 Å². The zero-order chi connectivity index (χ0) is 14.8. The van der Waals surface area contributed by atoms with Crippen molar-refractivity contribution in [1.29, 1.82) is 0 Å². The minimum Gasteiger partial charge on any atom is -0.491 e. The first-order valence-electron chi connectivity index (χ1n) is 7.56. The van der Waals surface area contributed by atoms with Crippen molar-refractivity contribution < 1.29 is 9.53 Å². The topological polar surface area (TPSA) is 55.6 Å². The zero-order valence-electron chi connectivity index (χ0n) is 12.4. The van der Waals surface area contributed by atoms with Crippen LogP contribution in [0.5, 0.6) is 5.75 Å². The smallest absolute Gasteiger partial charge is 0.226 e. The summed E-state index contributed by atoms with van der Waals surface area (Å²) in [6.45, 7) is 2.04. The van der Waals surface area contributed by atoms with E-state index in [4.69, 9.17) is 22.1 Å². The Bertz CT molecular complexity index is 527. The molecule has 2 N–H and O–H groups in total. The number of carbonyl (C=O) groups excluding carboxylic acids is 1. The summed E-state index contributed by atoms with van der Waals surface area (Å²) >= 11 is 6.01. The molecular formula is C16H22Cl2N2O2. The maximum Gasteiger partial charge on any atom is 0.226 e. The van der Waals surface area contributed by atoms with E-state index in [0.717, 1.165) is 25.9 Å². The van der Waals surface area contributed by atoms with Crippen molar-refractivity contribution in [3.63, 3.8) is 0 Å². The van der Waals surface area contributed by atoms with E-state index < -0.39 is 0 Å². The second kappa shape index (κ2) is 7.53. The highest BCUT2D eigenvalue weighted by atomic mass is 35.5. The average Bonchev–Trinajstić information content (AvgIpc) is 3.04. The number of amides is 1. The first-order valence-corrected chi connectivity index (χ1v) is 7.93. The van der Waals surface area contributed by atoms with Crippen LogP contribution >= 0.6 is 24.0 Å². The summed E-state index contributed by atoms with van der Waals surface area (Å²) in [6, 6.07) is 7.58. The Labute approximate surface area is 142 Å². The summed E-state index contributed by atoms with van der Waals surface area (Å²) in [5.41, 5.74) is 6.10. The quantitative estimate of drug-likeness (QED) is 0.913. The molecule has 1 heterocycles. The highest BCUT2D eigenvalue weighted by molar-refractivity contribution is 6.32. The molecule has 0 radical (unpaired) electrons. The van der Waals surface area contributed by atoms with Gasteiger partial charge in [-0.2, -0.15) is 0 Å². The van der Waals surface area contributed by atoms with E-state index in [1.807, 2.05) is 23.1 Å². The number of benzene rings is 1. The van der Waals surface area contributed by atoms with E-state index in [-0.39, 0.29) is 24.4 Å². The van der Waals surface area contributed by atoms with Crippen molar-refractivity contribution in [2.75, 3.05) is 19.7 Å². The summed E-state index contributed by atoms with van der Waals surface area (Å²) in [5, 5.41) is 0.576. The molecule has 3 atom stereocenters. The number of nitrogens with two attached hydrogens (primary N) is 1. The normalized spacial score (nSPS) is 26.5. The number of likely N-dealkylation sites (tertiary alicyclic amines) is 1. The van der Waals surface area contributed by atoms with Crippen LogP contribution in [-0.2, 0) is 4.79 Å². The molecule has 1 saturated heterocycles. The fourth-order valence-corrected chi connectivity index (χ4v) is 3.67. The fraction of sp³-hybridized carbons (Fsp3) is 0.562. The lowest BCUT2D eigenvalue weighted by Crippen LogP contribution is -2.34. The lowest BCUT2D eigenvalue weighted by atomic mass is 9.98. The van der Waals surface area contributed by atoms with Crippen LogP contribution in [0.25, 0.3) is 0 Å². The van der Waals surface area contributed by atoms with Crippen LogP contribution in [0.2, 0.25) is 5.02 Å². The summed E-state index contributed by atoms with van der Waals surface area (Å²) in [7, 11) is 0. The Balaban J connectivity index is 0.00000176. The van der Waals surface area contributed by atoms with Gasteiger partial charge < -0.3 is 15.4 Å². The average molecular weight is 345 g/mol. The molecule has 1 aromatic rings. The molecule has 1 aliphatic heterocycles. The highest BCUT2D eigenvalue weighted by Crippen LogP contribution is 2.37. The van der Waals surface area contributed by atoms with Gasteiger partial charge in [-0.15, -0.1) is 12.4 Å². The van der Waals surface area contributed by atoms with E-state index in [9.17, 15) is 4.79 Å². The predicted molar refractivity (Wildman–Crippen MR) is 89.6 cm³/mol. The monoisotopic (exact) mass is 344 g/mol. The van der Waals surface area contributed by atoms with Gasteiger partial charge in [-0.25, -0.2) is 0 Å². The molecule has 122 valence electrons. The Kier molecular flexibility index (Phi) is 5.95. The maximum absolute atomic E-state index is 12.2. The summed E-state index contributed by atoms with van der Waals surface area (Å²) in [5.74, 6) is 1.89. The SMILES string of the molecule is Cl.NC1CCC2CN(C(=O)CCOc3ccccc3Cl)CC12. The van der Waals surface area contributed by atoms with Gasteiger partial charge in [-0.3, -0.25) is 4.79 Å². The molecule has 1 aliphatic carbocycles. The van der Waals surface area contributed by atoms with Crippen molar-refractivity contribution in [2.24, 2.45) is 17.6 Å². The Morgan fingerprint density at radius 2 is 2.09 bits per heavy atom. The lowest BCUT2D eigenvalue weighted by molar-refractivity contribution is -0.131. The standard InChI is InChI=1S/C16H21ClN2O2.ClH/c17-13-3-1-2-4-15(13)21-8-7-16(20)19-9-11-5-6-14(18)12(11)10-19;/h1-4,11-12,14H,5-10,18H2;1H. The molecule has 1 amide bonds. The number of hydrogen-bond donors (Lipinski definition) is 1. The van der Waals surface area contributed by atoms with E-state index in [0.29, 0.717) is 35.6 Å². The van der Waals surface area contributed by atoms with Crippen molar-refractivity contribution in [1.82, 2.24) is 4.90 Å². The molecule has 2 aliphatic rings. The number of fused-ring (bicyclic) bond motifs is 1. The Hall–Kier alpha value is -0.970. The number of halogens is 2. The van der Waals surface area contributed by atoms with E-state index in [2.05, 4.69) is 0 Å². The first-order chi connectivity index (χ1) is 10.1. The van der Waals surface area contributed by atoms with Gasteiger partial charge in [-0.05, 0) is 36.8 Å². The third-order valence-corrected chi connectivity index (χ3v) is 4.99. The summed E-state index contributed by atoms with van der Waals surface area (Å²) in [4.78, 5) is 14.2. The molecule has 22 heavy (non-hydrogen) atoms. The number of para-hydroxylation sites is 1. The van der Waals surface area contributed by atoms with Crippen molar-refractivity contribution >= 4 is 29.9 Å². The predicted octanol–water partition coefficient (Wildman–Crippen LogP) is 2.73. The molecule has 3 unspecified atom stereocenters. The molecule has 0 aromatic heterocycles. The number of nitrogens with zero attached hydrogens (tertiary/aromatic N) is 1. The molecule has 0 bridgehead atoms. The van der Waals surface area contributed by atoms with Crippen LogP contribution in [0, 0.1) is 11.8 Å². The van der Waals surface area contributed by atoms with Gasteiger partial charge >= 0.3 is 0 Å². The minimum absolute atomic E-state index is 0. The second-order valence-corrected chi connectivity index (χ2v) is 6.40. The zero-order valence-corrected chi connectivity index (χ0v) is 14.0. The van der Waals surface area contributed by atoms with E-state index in [1.165, 1.54) is 0 Å². The van der Waals surface area contributed by atoms with Crippen molar-refractivity contribution in [2.45, 2.75) is 25.3 Å². The number of hydrogen-bond acceptors (Lipinski definition) is 3. The van der Waals surface area contributed by atoms with Gasteiger partial charge in [-0.1, -0.05) is 23.7 Å². The molecule has 1 saturated carbocycles. The van der Waals surface area contributed by atoms with Gasteiger partial charge in [0.15, 0.2) is 0 Å².